The Bertz CT molecular complexity index is 1550. The second kappa shape index (κ2) is 9.35. The molecule has 0 radical (unpaired) electrons. The number of carbonyl (C=O) groups is 4. The van der Waals surface area contributed by atoms with Gasteiger partial charge >= 0.3 is 0 Å². The van der Waals surface area contributed by atoms with Crippen LogP contribution in [-0.4, -0.2) is 35.1 Å². The molecule has 0 bridgehead atoms. The van der Waals surface area contributed by atoms with Crippen molar-refractivity contribution >= 4 is 40.7 Å². The van der Waals surface area contributed by atoms with Crippen LogP contribution in [0.3, 0.4) is 0 Å². The van der Waals surface area contributed by atoms with Gasteiger partial charge < -0.3 is 9.84 Å². The lowest BCUT2D eigenvalue weighted by Crippen LogP contribution is -2.39. The SMILES string of the molecule is CCOc1cccc(C2C3=CCC4C(=O)N(c5ccc(Cl)cc5)C(=O)C4C3CC3=C2C(=O)C=C(C)C3=O)c1O. The molecule has 1 aliphatic heterocycles. The normalized spacial score (nSPS) is 26.2. The molecular weight excluding hydrogens is 518 g/mol. The number of hydrogen-bond acceptors (Lipinski definition) is 6. The molecule has 0 spiro atoms. The van der Waals surface area contributed by atoms with E-state index in [1.165, 1.54) is 11.0 Å². The van der Waals surface area contributed by atoms with Crippen molar-refractivity contribution < 1.29 is 29.0 Å². The summed E-state index contributed by atoms with van der Waals surface area (Å²) in [7, 11) is 0. The number of aromatic hydroxyl groups is 1. The molecule has 1 N–H and O–H groups in total. The van der Waals surface area contributed by atoms with Gasteiger partial charge in [-0.1, -0.05) is 35.4 Å². The van der Waals surface area contributed by atoms with E-state index in [1.54, 1.807) is 56.3 Å². The molecule has 4 aliphatic rings. The van der Waals surface area contributed by atoms with E-state index in [1.807, 2.05) is 6.08 Å². The molecule has 8 heteroatoms. The molecule has 4 atom stereocenters. The topological polar surface area (TPSA) is 101 Å². The van der Waals surface area contributed by atoms with Crippen LogP contribution in [-0.2, 0) is 19.2 Å². The highest BCUT2D eigenvalue weighted by Gasteiger charge is 2.56. The van der Waals surface area contributed by atoms with Gasteiger partial charge in [-0.15, -0.1) is 0 Å². The van der Waals surface area contributed by atoms with E-state index < -0.39 is 23.7 Å². The number of ketones is 2. The third-order valence-electron chi connectivity index (χ3n) is 8.29. The summed E-state index contributed by atoms with van der Waals surface area (Å²) >= 11 is 6.03. The van der Waals surface area contributed by atoms with Crippen LogP contribution in [0.2, 0.25) is 5.02 Å². The number of carbonyl (C=O) groups excluding carboxylic acids is 4. The molecule has 1 saturated heterocycles. The Morgan fingerprint density at radius 1 is 1.03 bits per heavy atom. The number of nitrogens with zero attached hydrogens (tertiary/aromatic N) is 1. The number of anilines is 1. The van der Waals surface area contributed by atoms with E-state index in [-0.39, 0.29) is 41.3 Å². The van der Waals surface area contributed by atoms with Gasteiger partial charge in [0.25, 0.3) is 0 Å². The number of benzene rings is 2. The van der Waals surface area contributed by atoms with Gasteiger partial charge in [0.15, 0.2) is 23.1 Å². The van der Waals surface area contributed by atoms with Crippen LogP contribution in [0.25, 0.3) is 0 Å². The number of rotatable bonds is 4. The predicted molar refractivity (Wildman–Crippen MR) is 145 cm³/mol. The maximum atomic E-state index is 13.9. The highest BCUT2D eigenvalue weighted by Crippen LogP contribution is 2.57. The van der Waals surface area contributed by atoms with E-state index in [2.05, 4.69) is 0 Å². The molecular formula is C31H26ClNO6. The molecule has 7 nitrogen and oxygen atoms in total. The number of fused-ring (bicyclic) bond motifs is 3. The first-order chi connectivity index (χ1) is 18.7. The Balaban J connectivity index is 1.50. The molecule has 6 rings (SSSR count). The van der Waals surface area contributed by atoms with Crippen molar-refractivity contribution in [1.82, 2.24) is 0 Å². The molecule has 1 heterocycles. The second-order valence-electron chi connectivity index (χ2n) is 10.3. The number of phenols is 1. The number of hydrogen-bond donors (Lipinski definition) is 1. The molecule has 2 aromatic carbocycles. The van der Waals surface area contributed by atoms with Gasteiger partial charge in [-0.3, -0.25) is 24.1 Å². The summed E-state index contributed by atoms with van der Waals surface area (Å²) in [4.78, 5) is 55.5. The highest BCUT2D eigenvalue weighted by atomic mass is 35.5. The van der Waals surface area contributed by atoms with Crippen LogP contribution in [0.4, 0.5) is 5.69 Å². The fraction of sp³-hybridized carbons (Fsp3) is 0.290. The highest BCUT2D eigenvalue weighted by molar-refractivity contribution is 6.31. The van der Waals surface area contributed by atoms with Gasteiger partial charge in [-0.2, -0.15) is 0 Å². The summed E-state index contributed by atoms with van der Waals surface area (Å²) < 4.78 is 5.61. The van der Waals surface area contributed by atoms with Gasteiger partial charge in [0.2, 0.25) is 11.8 Å². The fourth-order valence-corrected chi connectivity index (χ4v) is 6.75. The van der Waals surface area contributed by atoms with Crippen LogP contribution in [0, 0.1) is 17.8 Å². The molecule has 39 heavy (non-hydrogen) atoms. The van der Waals surface area contributed by atoms with Crippen molar-refractivity contribution in [2.75, 3.05) is 11.5 Å². The Morgan fingerprint density at radius 3 is 2.49 bits per heavy atom. The minimum atomic E-state index is -0.742. The standard InChI is InChI=1S/C31H26ClNO6/c1-3-39-24-6-4-5-19(29(24)36)25-18-11-12-20-26(21(18)14-22-27(25)23(34)13-15(2)28(22)35)31(38)33(30(20)37)17-9-7-16(32)8-10-17/h4-11,13,20-21,25-26,36H,3,12,14H2,1-2H3. The van der Waals surface area contributed by atoms with Gasteiger partial charge in [0.05, 0.1) is 24.1 Å². The number of allylic oxidation sites excluding steroid dienone is 6. The van der Waals surface area contributed by atoms with Gasteiger partial charge in [0, 0.05) is 33.2 Å². The Morgan fingerprint density at radius 2 is 1.77 bits per heavy atom. The number of amides is 2. The largest absolute Gasteiger partial charge is 0.504 e. The number of para-hydroxylation sites is 1. The minimum Gasteiger partial charge on any atom is -0.504 e. The summed E-state index contributed by atoms with van der Waals surface area (Å²) in [6, 6.07) is 11.6. The lowest BCUT2D eigenvalue weighted by atomic mass is 9.59. The predicted octanol–water partition coefficient (Wildman–Crippen LogP) is 5.08. The molecule has 0 aromatic heterocycles. The van der Waals surface area contributed by atoms with Crippen molar-refractivity contribution in [3.63, 3.8) is 0 Å². The molecule has 0 saturated carbocycles. The van der Waals surface area contributed by atoms with Crippen molar-refractivity contribution in [3.05, 3.63) is 87.5 Å². The Hall–Kier alpha value is -3.97. The molecule has 4 unspecified atom stereocenters. The number of Topliss-reactive ketones (excluding diaryl/α,β-unsaturated/α-hetero) is 1. The van der Waals surface area contributed by atoms with E-state index in [9.17, 15) is 24.3 Å². The number of ether oxygens (including phenoxy) is 1. The summed E-state index contributed by atoms with van der Waals surface area (Å²) in [6.45, 7) is 3.74. The maximum absolute atomic E-state index is 13.9. The third-order valence-corrected chi connectivity index (χ3v) is 8.54. The van der Waals surface area contributed by atoms with Crippen LogP contribution in [0.5, 0.6) is 11.5 Å². The first-order valence-corrected chi connectivity index (χ1v) is 13.4. The third kappa shape index (κ3) is 3.79. The molecule has 1 fully saturated rings. The first kappa shape index (κ1) is 25.3. The van der Waals surface area contributed by atoms with Crippen molar-refractivity contribution in [1.29, 1.82) is 0 Å². The monoisotopic (exact) mass is 543 g/mol. The summed E-state index contributed by atoms with van der Waals surface area (Å²) in [5, 5.41) is 11.7. The van der Waals surface area contributed by atoms with E-state index in [0.717, 1.165) is 5.57 Å². The molecule has 198 valence electrons. The Labute approximate surface area is 230 Å². The van der Waals surface area contributed by atoms with Crippen LogP contribution in [0.15, 0.2) is 76.9 Å². The van der Waals surface area contributed by atoms with Crippen LogP contribution >= 0.6 is 11.6 Å². The maximum Gasteiger partial charge on any atom is 0.238 e. The summed E-state index contributed by atoms with van der Waals surface area (Å²) in [6.07, 6.45) is 3.75. The average Bonchev–Trinajstić information content (AvgIpc) is 3.18. The number of phenolic OH excluding ortho intramolecular Hbond substituents is 1. The zero-order valence-electron chi connectivity index (χ0n) is 21.4. The minimum absolute atomic E-state index is 0.108. The van der Waals surface area contributed by atoms with E-state index >= 15 is 0 Å². The summed E-state index contributed by atoms with van der Waals surface area (Å²) in [5.41, 5.74) is 2.65. The smallest absolute Gasteiger partial charge is 0.238 e. The summed E-state index contributed by atoms with van der Waals surface area (Å²) in [5.74, 6) is -3.50. The van der Waals surface area contributed by atoms with Gasteiger partial charge in [-0.05, 0) is 69.0 Å². The number of halogens is 1. The van der Waals surface area contributed by atoms with E-state index in [0.29, 0.717) is 46.0 Å². The van der Waals surface area contributed by atoms with E-state index in [4.69, 9.17) is 16.3 Å². The zero-order chi connectivity index (χ0) is 27.6. The lowest BCUT2D eigenvalue weighted by Gasteiger charge is -2.42. The molecule has 2 aromatic rings. The quantitative estimate of drug-likeness (QED) is 0.328. The Kier molecular flexibility index (Phi) is 6.07. The lowest BCUT2D eigenvalue weighted by molar-refractivity contribution is -0.123. The number of imide groups is 1. The van der Waals surface area contributed by atoms with Gasteiger partial charge in [0.1, 0.15) is 0 Å². The van der Waals surface area contributed by atoms with Crippen LogP contribution < -0.4 is 9.64 Å². The van der Waals surface area contributed by atoms with Gasteiger partial charge in [-0.25, -0.2) is 0 Å². The average molecular weight is 544 g/mol. The molecule has 3 aliphatic carbocycles. The second-order valence-corrected chi connectivity index (χ2v) is 10.8. The fourth-order valence-electron chi connectivity index (χ4n) is 6.63. The first-order valence-electron chi connectivity index (χ1n) is 13.0. The van der Waals surface area contributed by atoms with Crippen molar-refractivity contribution in [2.45, 2.75) is 32.6 Å². The van der Waals surface area contributed by atoms with Crippen molar-refractivity contribution in [2.24, 2.45) is 17.8 Å². The molecule has 2 amide bonds. The zero-order valence-corrected chi connectivity index (χ0v) is 22.2. The van der Waals surface area contributed by atoms with Crippen LogP contribution in [0.1, 0.15) is 38.2 Å². The van der Waals surface area contributed by atoms with Crippen molar-refractivity contribution in [3.8, 4) is 11.5 Å².